The Bertz CT molecular complexity index is 604. The number of nitrogens with zero attached hydrogens (tertiary/aromatic N) is 3. The van der Waals surface area contributed by atoms with Gasteiger partial charge in [-0.1, -0.05) is 17.7 Å². The largest absolute Gasteiger partial charge is 0.490 e. The normalized spacial score (nSPS) is 11.1. The van der Waals surface area contributed by atoms with E-state index in [1.54, 1.807) is 31.7 Å². The van der Waals surface area contributed by atoms with Gasteiger partial charge in [-0.15, -0.1) is 0 Å². The van der Waals surface area contributed by atoms with Crippen molar-refractivity contribution < 1.29 is 4.74 Å². The van der Waals surface area contributed by atoms with Crippen LogP contribution >= 0.6 is 11.6 Å². The molecule has 0 fully saturated rings. The summed E-state index contributed by atoms with van der Waals surface area (Å²) in [6, 6.07) is 7.48. The minimum absolute atomic E-state index is 0.507. The summed E-state index contributed by atoms with van der Waals surface area (Å²) in [4.78, 5) is 12.2. The first-order valence-electron chi connectivity index (χ1n) is 7.35. The Labute approximate surface area is 141 Å². The highest BCUT2D eigenvalue weighted by atomic mass is 35.5. The van der Waals surface area contributed by atoms with Crippen LogP contribution in [0.5, 0.6) is 5.75 Å². The molecule has 7 heteroatoms. The molecule has 0 amide bonds. The first-order valence-corrected chi connectivity index (χ1v) is 7.73. The number of guanidine groups is 1. The number of aromatic nitrogens is 2. The molecule has 6 nitrogen and oxygen atoms in total. The van der Waals surface area contributed by atoms with Crippen LogP contribution in [0, 0.1) is 0 Å². The lowest BCUT2D eigenvalue weighted by Gasteiger charge is -2.12. The fourth-order valence-corrected chi connectivity index (χ4v) is 1.98. The standard InChI is InChI=1S/C16H20ClN5O/c1-18-16(20-8-6-13-4-5-15(17)22-11-13)21-9-10-23-14-3-2-7-19-12-14/h2-5,7,11-12H,6,8-10H2,1H3,(H2,18,20,21). The molecule has 0 bridgehead atoms. The van der Waals surface area contributed by atoms with E-state index in [4.69, 9.17) is 16.3 Å². The molecular weight excluding hydrogens is 314 g/mol. The van der Waals surface area contributed by atoms with Crippen LogP contribution in [0.1, 0.15) is 5.56 Å². The molecule has 0 atom stereocenters. The van der Waals surface area contributed by atoms with Crippen LogP contribution < -0.4 is 15.4 Å². The molecule has 0 spiro atoms. The van der Waals surface area contributed by atoms with Gasteiger partial charge in [-0.2, -0.15) is 0 Å². The minimum Gasteiger partial charge on any atom is -0.490 e. The Kier molecular flexibility index (Phi) is 7.13. The second-order valence-electron chi connectivity index (χ2n) is 4.70. The third-order valence-corrected chi connectivity index (χ3v) is 3.24. The Morgan fingerprint density at radius 3 is 2.78 bits per heavy atom. The number of nitrogens with one attached hydrogen (secondary N) is 2. The predicted molar refractivity (Wildman–Crippen MR) is 92.0 cm³/mol. The van der Waals surface area contributed by atoms with Gasteiger partial charge in [0.2, 0.25) is 0 Å². The van der Waals surface area contributed by atoms with Crippen LogP contribution in [0.15, 0.2) is 47.8 Å². The summed E-state index contributed by atoms with van der Waals surface area (Å²) in [7, 11) is 1.74. The lowest BCUT2D eigenvalue weighted by molar-refractivity contribution is 0.320. The molecule has 0 saturated carbocycles. The lowest BCUT2D eigenvalue weighted by Crippen LogP contribution is -2.40. The van der Waals surface area contributed by atoms with Gasteiger partial charge in [0.05, 0.1) is 12.7 Å². The van der Waals surface area contributed by atoms with Crippen molar-refractivity contribution in [2.45, 2.75) is 6.42 Å². The zero-order valence-corrected chi connectivity index (χ0v) is 13.8. The molecule has 0 aliphatic heterocycles. The maximum Gasteiger partial charge on any atom is 0.191 e. The van der Waals surface area contributed by atoms with E-state index >= 15 is 0 Å². The smallest absolute Gasteiger partial charge is 0.191 e. The second kappa shape index (κ2) is 9.63. The van der Waals surface area contributed by atoms with Crippen molar-refractivity contribution in [3.63, 3.8) is 0 Å². The van der Waals surface area contributed by atoms with E-state index in [9.17, 15) is 0 Å². The molecule has 23 heavy (non-hydrogen) atoms. The molecule has 0 saturated heterocycles. The van der Waals surface area contributed by atoms with Gasteiger partial charge in [-0.05, 0) is 30.2 Å². The molecule has 0 unspecified atom stereocenters. The fraction of sp³-hybridized carbons (Fsp3) is 0.312. The van der Waals surface area contributed by atoms with E-state index in [1.165, 1.54) is 0 Å². The molecule has 0 aliphatic rings. The molecule has 2 N–H and O–H groups in total. The summed E-state index contributed by atoms with van der Waals surface area (Å²) in [6.07, 6.45) is 6.03. The Morgan fingerprint density at radius 2 is 2.09 bits per heavy atom. The number of pyridine rings is 2. The van der Waals surface area contributed by atoms with Crippen LogP contribution in [0.25, 0.3) is 0 Å². The number of rotatable bonds is 7. The van der Waals surface area contributed by atoms with Gasteiger partial charge in [0.15, 0.2) is 5.96 Å². The van der Waals surface area contributed by atoms with Crippen LogP contribution in [0.4, 0.5) is 0 Å². The summed E-state index contributed by atoms with van der Waals surface area (Å²) in [5.74, 6) is 1.49. The van der Waals surface area contributed by atoms with Crippen LogP contribution in [-0.2, 0) is 6.42 Å². The quantitative estimate of drug-likeness (QED) is 0.350. The molecule has 2 rings (SSSR count). The summed E-state index contributed by atoms with van der Waals surface area (Å²) in [5, 5.41) is 6.94. The lowest BCUT2D eigenvalue weighted by atomic mass is 10.2. The molecule has 122 valence electrons. The van der Waals surface area contributed by atoms with Gasteiger partial charge < -0.3 is 15.4 Å². The SMILES string of the molecule is CN=C(NCCOc1cccnc1)NCCc1ccc(Cl)nc1. The van der Waals surface area contributed by atoms with E-state index in [1.807, 2.05) is 18.2 Å². The molecular formula is C16H20ClN5O. The second-order valence-corrected chi connectivity index (χ2v) is 5.09. The van der Waals surface area contributed by atoms with E-state index in [2.05, 4.69) is 25.6 Å². The number of halogens is 1. The van der Waals surface area contributed by atoms with Gasteiger partial charge in [0, 0.05) is 26.0 Å². The van der Waals surface area contributed by atoms with Gasteiger partial charge >= 0.3 is 0 Å². The van der Waals surface area contributed by atoms with Crippen LogP contribution in [-0.4, -0.2) is 42.7 Å². The van der Waals surface area contributed by atoms with E-state index in [0.29, 0.717) is 18.3 Å². The van der Waals surface area contributed by atoms with Crippen LogP contribution in [0.2, 0.25) is 5.15 Å². The van der Waals surface area contributed by atoms with E-state index < -0.39 is 0 Å². The molecule has 0 radical (unpaired) electrons. The average molecular weight is 334 g/mol. The van der Waals surface area contributed by atoms with Crippen molar-refractivity contribution in [3.8, 4) is 5.75 Å². The zero-order valence-electron chi connectivity index (χ0n) is 13.0. The summed E-state index contributed by atoms with van der Waals surface area (Å²) < 4.78 is 5.56. The van der Waals surface area contributed by atoms with Crippen molar-refractivity contribution in [1.82, 2.24) is 20.6 Å². The topological polar surface area (TPSA) is 71.4 Å². The summed E-state index contributed by atoms with van der Waals surface area (Å²) in [5.41, 5.74) is 1.12. The third-order valence-electron chi connectivity index (χ3n) is 3.02. The first kappa shape index (κ1) is 17.0. The van der Waals surface area contributed by atoms with Crippen LogP contribution in [0.3, 0.4) is 0 Å². The zero-order chi connectivity index (χ0) is 16.3. The highest BCUT2D eigenvalue weighted by molar-refractivity contribution is 6.29. The van der Waals surface area contributed by atoms with Gasteiger partial charge in [0.25, 0.3) is 0 Å². The number of ether oxygens (including phenoxy) is 1. The number of aliphatic imine (C=N–C) groups is 1. The molecule has 2 heterocycles. The highest BCUT2D eigenvalue weighted by Gasteiger charge is 1.99. The van der Waals surface area contributed by atoms with E-state index in [0.717, 1.165) is 30.2 Å². The van der Waals surface area contributed by atoms with Gasteiger partial charge in [0.1, 0.15) is 17.5 Å². The predicted octanol–water partition coefficient (Wildman–Crippen LogP) is 1.92. The Hall–Kier alpha value is -2.34. The number of hydrogen-bond donors (Lipinski definition) is 2. The van der Waals surface area contributed by atoms with Crippen molar-refractivity contribution in [2.75, 3.05) is 26.7 Å². The summed E-state index contributed by atoms with van der Waals surface area (Å²) in [6.45, 7) is 1.94. The highest BCUT2D eigenvalue weighted by Crippen LogP contribution is 2.05. The Balaban J connectivity index is 1.62. The average Bonchev–Trinajstić information content (AvgIpc) is 2.59. The molecule has 0 aromatic carbocycles. The third kappa shape index (κ3) is 6.52. The Morgan fingerprint density at radius 1 is 1.22 bits per heavy atom. The maximum absolute atomic E-state index is 5.76. The van der Waals surface area contributed by atoms with Gasteiger partial charge in [-0.3, -0.25) is 9.98 Å². The number of hydrogen-bond acceptors (Lipinski definition) is 4. The molecule has 2 aromatic heterocycles. The fourth-order valence-electron chi connectivity index (χ4n) is 1.87. The van der Waals surface area contributed by atoms with Crippen molar-refractivity contribution in [3.05, 3.63) is 53.6 Å². The molecule has 2 aromatic rings. The maximum atomic E-state index is 5.76. The van der Waals surface area contributed by atoms with E-state index in [-0.39, 0.29) is 0 Å². The first-order chi connectivity index (χ1) is 11.3. The minimum atomic E-state index is 0.507. The van der Waals surface area contributed by atoms with Crippen molar-refractivity contribution >= 4 is 17.6 Å². The van der Waals surface area contributed by atoms with Crippen molar-refractivity contribution in [1.29, 1.82) is 0 Å². The summed E-state index contributed by atoms with van der Waals surface area (Å²) >= 11 is 5.76. The van der Waals surface area contributed by atoms with Gasteiger partial charge in [-0.25, -0.2) is 4.98 Å². The monoisotopic (exact) mass is 333 g/mol. The molecule has 0 aliphatic carbocycles. The van der Waals surface area contributed by atoms with Crippen molar-refractivity contribution in [2.24, 2.45) is 4.99 Å².